The third-order valence-corrected chi connectivity index (χ3v) is 2.82. The van der Waals surface area contributed by atoms with Crippen molar-refractivity contribution in [2.24, 2.45) is 0 Å². The number of rotatable bonds is 5. The molecule has 0 saturated carbocycles. The highest BCUT2D eigenvalue weighted by Gasteiger charge is 1.97. The molecule has 1 aromatic carbocycles. The smallest absolute Gasteiger partial charge is 0.0184 e. The molecule has 1 rings (SSSR count). The number of hydrogen-bond donors (Lipinski definition) is 0. The largest absolute Gasteiger partial charge is 0.0842 e. The number of benzene rings is 1. The van der Waals surface area contributed by atoms with E-state index in [9.17, 15) is 0 Å². The Balaban J connectivity index is 0.00000324. The van der Waals surface area contributed by atoms with Gasteiger partial charge in [0.2, 0.25) is 0 Å². The summed E-state index contributed by atoms with van der Waals surface area (Å²) in [5.74, 6) is 0. The summed E-state index contributed by atoms with van der Waals surface area (Å²) in [6.07, 6.45) is 10.9. The van der Waals surface area contributed by atoms with Crippen molar-refractivity contribution >= 4 is 5.57 Å². The van der Waals surface area contributed by atoms with Crippen molar-refractivity contribution in [3.8, 4) is 0 Å². The fourth-order valence-corrected chi connectivity index (χ4v) is 1.68. The Labute approximate surface area is 119 Å². The van der Waals surface area contributed by atoms with E-state index in [-0.39, 0.29) is 7.43 Å². The van der Waals surface area contributed by atoms with Crippen molar-refractivity contribution in [1.82, 2.24) is 0 Å². The monoisotopic (exact) mass is 256 g/mol. The number of allylic oxidation sites excluding steroid dienone is 6. The van der Waals surface area contributed by atoms with E-state index in [1.165, 1.54) is 22.3 Å². The van der Waals surface area contributed by atoms with Gasteiger partial charge in [-0.25, -0.2) is 0 Å². The van der Waals surface area contributed by atoms with E-state index in [2.05, 4.69) is 76.3 Å². The molecular weight excluding hydrogens is 228 g/mol. The van der Waals surface area contributed by atoms with Crippen molar-refractivity contribution in [2.75, 3.05) is 0 Å². The van der Waals surface area contributed by atoms with Gasteiger partial charge < -0.3 is 0 Å². The van der Waals surface area contributed by atoms with Crippen LogP contribution in [0.25, 0.3) is 5.57 Å². The molecule has 0 amide bonds. The van der Waals surface area contributed by atoms with Crippen LogP contribution in [-0.4, -0.2) is 0 Å². The first-order valence-electron chi connectivity index (χ1n) is 6.78. The average Bonchev–Trinajstić information content (AvgIpc) is 2.39. The lowest BCUT2D eigenvalue weighted by molar-refractivity contribution is 1.14. The van der Waals surface area contributed by atoms with Crippen molar-refractivity contribution in [3.05, 3.63) is 65.3 Å². The minimum absolute atomic E-state index is 0. The highest BCUT2D eigenvalue weighted by atomic mass is 14.0. The minimum Gasteiger partial charge on any atom is -0.0842 e. The van der Waals surface area contributed by atoms with Gasteiger partial charge in [-0.1, -0.05) is 75.4 Å². The second-order valence-corrected chi connectivity index (χ2v) is 4.73. The van der Waals surface area contributed by atoms with Gasteiger partial charge in [-0.3, -0.25) is 0 Å². The highest BCUT2D eigenvalue weighted by molar-refractivity contribution is 5.75. The molecule has 19 heavy (non-hydrogen) atoms. The van der Waals surface area contributed by atoms with E-state index in [0.29, 0.717) is 0 Å². The molecule has 0 aliphatic rings. The predicted molar refractivity (Wildman–Crippen MR) is 89.4 cm³/mol. The van der Waals surface area contributed by atoms with Crippen LogP contribution in [0.2, 0.25) is 0 Å². The molecule has 0 radical (unpaired) electrons. The zero-order chi connectivity index (χ0) is 13.4. The van der Waals surface area contributed by atoms with Crippen LogP contribution in [0, 0.1) is 0 Å². The van der Waals surface area contributed by atoms with Gasteiger partial charge >= 0.3 is 0 Å². The van der Waals surface area contributed by atoms with Crippen molar-refractivity contribution in [3.63, 3.8) is 0 Å². The quantitative estimate of drug-likeness (QED) is 0.550. The second kappa shape index (κ2) is 9.38. The van der Waals surface area contributed by atoms with Crippen molar-refractivity contribution in [1.29, 1.82) is 0 Å². The molecule has 0 bridgehead atoms. The second-order valence-electron chi connectivity index (χ2n) is 4.73. The molecule has 104 valence electrons. The maximum absolute atomic E-state index is 2.21. The molecule has 0 aliphatic heterocycles. The van der Waals surface area contributed by atoms with Gasteiger partial charge in [0, 0.05) is 0 Å². The molecule has 0 fully saturated rings. The fourth-order valence-electron chi connectivity index (χ4n) is 1.68. The molecule has 0 aliphatic carbocycles. The lowest BCUT2D eigenvalue weighted by Gasteiger charge is -2.04. The van der Waals surface area contributed by atoms with Gasteiger partial charge in [0.15, 0.2) is 0 Å². The van der Waals surface area contributed by atoms with Crippen LogP contribution < -0.4 is 0 Å². The molecule has 1 aromatic rings. The summed E-state index contributed by atoms with van der Waals surface area (Å²) in [5, 5.41) is 0. The van der Waals surface area contributed by atoms with Gasteiger partial charge in [0.1, 0.15) is 0 Å². The molecule has 0 heteroatoms. The van der Waals surface area contributed by atoms with Crippen molar-refractivity contribution in [2.45, 2.75) is 48.0 Å². The van der Waals surface area contributed by atoms with E-state index >= 15 is 0 Å². The van der Waals surface area contributed by atoms with Crippen LogP contribution in [-0.2, 0) is 6.42 Å². The summed E-state index contributed by atoms with van der Waals surface area (Å²) in [4.78, 5) is 0. The average molecular weight is 256 g/mol. The third kappa shape index (κ3) is 6.24. The Morgan fingerprint density at radius 3 is 2.11 bits per heavy atom. The van der Waals surface area contributed by atoms with E-state index in [4.69, 9.17) is 0 Å². The Morgan fingerprint density at radius 2 is 1.63 bits per heavy atom. The van der Waals surface area contributed by atoms with E-state index in [0.717, 1.165) is 12.8 Å². The molecule has 0 unspecified atom stereocenters. The Hall–Kier alpha value is -1.56. The first-order chi connectivity index (χ1) is 8.67. The summed E-state index contributed by atoms with van der Waals surface area (Å²) in [7, 11) is 0. The lowest BCUT2D eigenvalue weighted by atomic mass is 10.0. The van der Waals surface area contributed by atoms with Crippen LogP contribution >= 0.6 is 0 Å². The van der Waals surface area contributed by atoms with Gasteiger partial charge in [-0.05, 0) is 43.4 Å². The van der Waals surface area contributed by atoms with E-state index < -0.39 is 0 Å². The summed E-state index contributed by atoms with van der Waals surface area (Å²) >= 11 is 0. The van der Waals surface area contributed by atoms with Crippen LogP contribution in [0.15, 0.2) is 54.1 Å². The summed E-state index contributed by atoms with van der Waals surface area (Å²) in [5.41, 5.74) is 5.28. The number of hydrogen-bond acceptors (Lipinski definition) is 0. The normalized spacial score (nSPS) is 11.3. The Kier molecular flexibility index (Phi) is 8.61. The first kappa shape index (κ1) is 17.4. The molecule has 0 spiro atoms. The van der Waals surface area contributed by atoms with Gasteiger partial charge in [-0.15, -0.1) is 0 Å². The molecule has 0 N–H and O–H groups in total. The van der Waals surface area contributed by atoms with Gasteiger partial charge in [0.25, 0.3) is 0 Å². The summed E-state index contributed by atoms with van der Waals surface area (Å²) in [6.45, 7) is 8.59. The van der Waals surface area contributed by atoms with E-state index in [1.807, 2.05) is 0 Å². The first-order valence-corrected chi connectivity index (χ1v) is 6.78. The topological polar surface area (TPSA) is 0 Å². The molecule has 0 heterocycles. The Morgan fingerprint density at radius 1 is 1.00 bits per heavy atom. The predicted octanol–water partition coefficient (Wildman–Crippen LogP) is 6.20. The number of aryl methyl sites for hydroxylation is 1. The van der Waals surface area contributed by atoms with E-state index in [1.54, 1.807) is 0 Å². The van der Waals surface area contributed by atoms with Crippen LogP contribution in [0.5, 0.6) is 0 Å². The maximum Gasteiger partial charge on any atom is -0.0184 e. The zero-order valence-electron chi connectivity index (χ0n) is 12.0. The SMILES string of the molecule is C.CC/C=C\C(=C/C=C(C)C)c1ccc(CC)cc1. The molecule has 0 atom stereocenters. The minimum atomic E-state index is 0. The lowest BCUT2D eigenvalue weighted by Crippen LogP contribution is -1.84. The standard InChI is InChI=1S/C18H24.CH4/c1-5-7-8-17(12-9-15(3)4)18-13-10-16(6-2)11-14-18;/h7-14H,5-6H2,1-4H3;1H4/b8-7-,17-12+;. The summed E-state index contributed by atoms with van der Waals surface area (Å²) < 4.78 is 0. The van der Waals surface area contributed by atoms with Crippen LogP contribution in [0.3, 0.4) is 0 Å². The van der Waals surface area contributed by atoms with Crippen molar-refractivity contribution < 1.29 is 0 Å². The van der Waals surface area contributed by atoms with Gasteiger partial charge in [0.05, 0.1) is 0 Å². The third-order valence-electron chi connectivity index (χ3n) is 2.82. The highest BCUT2D eigenvalue weighted by Crippen LogP contribution is 2.18. The van der Waals surface area contributed by atoms with Gasteiger partial charge in [-0.2, -0.15) is 0 Å². The molecule has 0 nitrogen and oxygen atoms in total. The van der Waals surface area contributed by atoms with Crippen LogP contribution in [0.1, 0.15) is 52.7 Å². The molecular formula is C19H28. The maximum atomic E-state index is 2.21. The zero-order valence-corrected chi connectivity index (χ0v) is 12.0. The molecule has 0 aromatic heterocycles. The molecule has 0 saturated heterocycles. The van der Waals surface area contributed by atoms with Crippen LogP contribution in [0.4, 0.5) is 0 Å². The summed E-state index contributed by atoms with van der Waals surface area (Å²) in [6, 6.07) is 8.85. The Bertz CT molecular complexity index is 437. The fraction of sp³-hybridized carbons (Fsp3) is 0.368.